The molecule has 1 amide bonds. The number of amides is 1. The number of rotatable bonds is 5. The fraction of sp³-hybridized carbons (Fsp3) is 0.500. The molecule has 0 saturated heterocycles. The standard InChI is InChI=1S/C14H18Cl2N2O/c1-18(14(19)7-13(17)10-2-3-10)8-9-4-11(15)6-12(16)5-9/h4-6,10,13H,2-3,7-8,17H2,1H3. The molecular weight excluding hydrogens is 283 g/mol. The summed E-state index contributed by atoms with van der Waals surface area (Å²) in [5.41, 5.74) is 6.89. The SMILES string of the molecule is CN(Cc1cc(Cl)cc(Cl)c1)C(=O)CC(N)C1CC1. The summed E-state index contributed by atoms with van der Waals surface area (Å²) < 4.78 is 0. The first-order valence-electron chi connectivity index (χ1n) is 6.40. The lowest BCUT2D eigenvalue weighted by Crippen LogP contribution is -2.34. The summed E-state index contributed by atoms with van der Waals surface area (Å²) in [7, 11) is 1.77. The fourth-order valence-electron chi connectivity index (χ4n) is 2.11. The van der Waals surface area contributed by atoms with Gasteiger partial charge in [0.2, 0.25) is 5.91 Å². The maximum atomic E-state index is 12.0. The van der Waals surface area contributed by atoms with Crippen LogP contribution in [0.15, 0.2) is 18.2 Å². The van der Waals surface area contributed by atoms with Crippen LogP contribution in [0.25, 0.3) is 0 Å². The third-order valence-electron chi connectivity index (χ3n) is 3.41. The lowest BCUT2D eigenvalue weighted by molar-refractivity contribution is -0.130. The number of halogens is 2. The van der Waals surface area contributed by atoms with Crippen LogP contribution >= 0.6 is 23.2 Å². The Balaban J connectivity index is 1.91. The molecule has 0 radical (unpaired) electrons. The van der Waals surface area contributed by atoms with E-state index >= 15 is 0 Å². The Morgan fingerprint density at radius 3 is 2.47 bits per heavy atom. The van der Waals surface area contributed by atoms with Gasteiger partial charge in [0.05, 0.1) is 0 Å². The highest BCUT2D eigenvalue weighted by Crippen LogP contribution is 2.33. The molecule has 1 saturated carbocycles. The van der Waals surface area contributed by atoms with Crippen molar-refractivity contribution in [3.8, 4) is 0 Å². The summed E-state index contributed by atoms with van der Waals surface area (Å²) in [5.74, 6) is 0.605. The maximum absolute atomic E-state index is 12.0. The lowest BCUT2D eigenvalue weighted by Gasteiger charge is -2.20. The Hall–Kier alpha value is -0.770. The minimum atomic E-state index is -0.00195. The van der Waals surface area contributed by atoms with E-state index in [2.05, 4.69) is 0 Å². The molecular formula is C14H18Cl2N2O. The number of nitrogens with two attached hydrogens (primary N) is 1. The number of hydrogen-bond acceptors (Lipinski definition) is 2. The molecule has 3 nitrogen and oxygen atoms in total. The molecule has 1 unspecified atom stereocenters. The van der Waals surface area contributed by atoms with Crippen molar-refractivity contribution in [1.29, 1.82) is 0 Å². The minimum absolute atomic E-state index is 0.00195. The van der Waals surface area contributed by atoms with E-state index in [-0.39, 0.29) is 11.9 Å². The van der Waals surface area contributed by atoms with Crippen LogP contribution in [0.5, 0.6) is 0 Å². The predicted molar refractivity (Wildman–Crippen MR) is 78.3 cm³/mol. The zero-order valence-electron chi connectivity index (χ0n) is 10.9. The van der Waals surface area contributed by atoms with E-state index in [9.17, 15) is 4.79 Å². The molecule has 1 aliphatic carbocycles. The second-order valence-electron chi connectivity index (χ2n) is 5.23. The molecule has 19 heavy (non-hydrogen) atoms. The quantitative estimate of drug-likeness (QED) is 0.908. The third kappa shape index (κ3) is 4.37. The number of hydrogen-bond donors (Lipinski definition) is 1. The van der Waals surface area contributed by atoms with Crippen molar-refractivity contribution < 1.29 is 4.79 Å². The highest BCUT2D eigenvalue weighted by atomic mass is 35.5. The molecule has 5 heteroatoms. The Kier molecular flexibility index (Phi) is 4.71. The number of nitrogens with zero attached hydrogens (tertiary/aromatic N) is 1. The van der Waals surface area contributed by atoms with Crippen LogP contribution in [0.3, 0.4) is 0 Å². The topological polar surface area (TPSA) is 46.3 Å². The van der Waals surface area contributed by atoms with Crippen molar-refractivity contribution in [2.24, 2.45) is 11.7 Å². The smallest absolute Gasteiger partial charge is 0.224 e. The molecule has 0 aromatic heterocycles. The van der Waals surface area contributed by atoms with Gasteiger partial charge in [-0.2, -0.15) is 0 Å². The van der Waals surface area contributed by atoms with Crippen LogP contribution in [0, 0.1) is 5.92 Å². The molecule has 0 heterocycles. The van der Waals surface area contributed by atoms with Crippen molar-refractivity contribution in [1.82, 2.24) is 4.90 Å². The van der Waals surface area contributed by atoms with Crippen LogP contribution in [0.2, 0.25) is 10.0 Å². The predicted octanol–water partition coefficient (Wildman–Crippen LogP) is 3.08. The lowest BCUT2D eigenvalue weighted by atomic mass is 10.1. The first-order valence-corrected chi connectivity index (χ1v) is 7.16. The van der Waals surface area contributed by atoms with E-state index in [0.29, 0.717) is 28.9 Å². The second kappa shape index (κ2) is 6.12. The van der Waals surface area contributed by atoms with Gasteiger partial charge >= 0.3 is 0 Å². The molecule has 1 aliphatic rings. The van der Waals surface area contributed by atoms with Crippen LogP contribution in [-0.4, -0.2) is 23.9 Å². The minimum Gasteiger partial charge on any atom is -0.341 e. The molecule has 0 spiro atoms. The van der Waals surface area contributed by atoms with Crippen LogP contribution in [0.1, 0.15) is 24.8 Å². The molecule has 104 valence electrons. The van der Waals surface area contributed by atoms with Gasteiger partial charge in [-0.25, -0.2) is 0 Å². The average Bonchev–Trinajstić information content (AvgIpc) is 3.10. The van der Waals surface area contributed by atoms with Crippen molar-refractivity contribution >= 4 is 29.1 Å². The van der Waals surface area contributed by atoms with Crippen molar-refractivity contribution in [3.05, 3.63) is 33.8 Å². The van der Waals surface area contributed by atoms with E-state index in [0.717, 1.165) is 18.4 Å². The Bertz CT molecular complexity index is 454. The molecule has 0 bridgehead atoms. The van der Waals surface area contributed by atoms with Gasteiger partial charge in [0, 0.05) is 36.1 Å². The second-order valence-corrected chi connectivity index (χ2v) is 6.11. The van der Waals surface area contributed by atoms with Gasteiger partial charge in [0.25, 0.3) is 0 Å². The van der Waals surface area contributed by atoms with E-state index in [1.807, 2.05) is 12.1 Å². The van der Waals surface area contributed by atoms with Crippen LogP contribution in [-0.2, 0) is 11.3 Å². The highest BCUT2D eigenvalue weighted by molar-refractivity contribution is 6.34. The molecule has 2 N–H and O–H groups in total. The van der Waals surface area contributed by atoms with Gasteiger partial charge in [-0.1, -0.05) is 23.2 Å². The van der Waals surface area contributed by atoms with E-state index in [4.69, 9.17) is 28.9 Å². The molecule has 2 rings (SSSR count). The summed E-state index contributed by atoms with van der Waals surface area (Å²) in [5, 5.41) is 1.16. The van der Waals surface area contributed by atoms with Crippen molar-refractivity contribution in [2.45, 2.75) is 31.8 Å². The zero-order valence-corrected chi connectivity index (χ0v) is 12.4. The number of carbonyl (C=O) groups is 1. The molecule has 1 fully saturated rings. The van der Waals surface area contributed by atoms with Gasteiger partial charge in [-0.15, -0.1) is 0 Å². The summed E-state index contributed by atoms with van der Waals surface area (Å²) in [6, 6.07) is 5.31. The first kappa shape index (κ1) is 14.6. The van der Waals surface area contributed by atoms with Gasteiger partial charge in [0.1, 0.15) is 0 Å². The third-order valence-corrected chi connectivity index (χ3v) is 3.84. The van der Waals surface area contributed by atoms with Crippen molar-refractivity contribution in [2.75, 3.05) is 7.05 Å². The highest BCUT2D eigenvalue weighted by Gasteiger charge is 2.30. The first-order chi connectivity index (χ1) is 8.95. The largest absolute Gasteiger partial charge is 0.341 e. The Labute approximate surface area is 123 Å². The normalized spacial score (nSPS) is 16.2. The monoisotopic (exact) mass is 300 g/mol. The van der Waals surface area contributed by atoms with Gasteiger partial charge in [0.15, 0.2) is 0 Å². The number of benzene rings is 1. The number of carbonyl (C=O) groups excluding carboxylic acids is 1. The summed E-state index contributed by atoms with van der Waals surface area (Å²) in [6.07, 6.45) is 2.72. The summed E-state index contributed by atoms with van der Waals surface area (Å²) >= 11 is 11.9. The van der Waals surface area contributed by atoms with Crippen LogP contribution < -0.4 is 5.73 Å². The van der Waals surface area contributed by atoms with E-state index in [1.54, 1.807) is 18.0 Å². The molecule has 1 atom stereocenters. The fourth-order valence-corrected chi connectivity index (χ4v) is 2.68. The maximum Gasteiger partial charge on any atom is 0.224 e. The Morgan fingerprint density at radius 1 is 1.37 bits per heavy atom. The molecule has 1 aromatic carbocycles. The van der Waals surface area contributed by atoms with Crippen molar-refractivity contribution in [3.63, 3.8) is 0 Å². The van der Waals surface area contributed by atoms with E-state index in [1.165, 1.54) is 0 Å². The van der Waals surface area contributed by atoms with Gasteiger partial charge < -0.3 is 10.6 Å². The van der Waals surface area contributed by atoms with E-state index < -0.39 is 0 Å². The molecule has 0 aliphatic heterocycles. The van der Waals surface area contributed by atoms with Gasteiger partial charge in [-0.05, 0) is 42.5 Å². The molecule has 1 aromatic rings. The van der Waals surface area contributed by atoms with Crippen LogP contribution in [0.4, 0.5) is 0 Å². The zero-order chi connectivity index (χ0) is 14.0. The summed E-state index contributed by atoms with van der Waals surface area (Å²) in [6.45, 7) is 0.497. The Morgan fingerprint density at radius 2 is 1.95 bits per heavy atom. The summed E-state index contributed by atoms with van der Waals surface area (Å²) in [4.78, 5) is 13.7. The van der Waals surface area contributed by atoms with Gasteiger partial charge in [-0.3, -0.25) is 4.79 Å². The average molecular weight is 301 g/mol.